The Kier molecular flexibility index (Phi) is 8.42. The molecule has 0 aliphatic carbocycles. The number of nitrogens with one attached hydrogen (secondary N) is 3. The van der Waals surface area contributed by atoms with Crippen LogP contribution in [0.15, 0.2) is 72.8 Å². The van der Waals surface area contributed by atoms with Crippen LogP contribution in [0.5, 0.6) is 17.2 Å². The van der Waals surface area contributed by atoms with Crippen LogP contribution in [0.25, 0.3) is 0 Å². The number of rotatable bonds is 7. The maximum atomic E-state index is 13.1. The molecule has 0 fully saturated rings. The van der Waals surface area contributed by atoms with E-state index in [4.69, 9.17) is 26.4 Å². The molecule has 0 aromatic heterocycles. The minimum atomic E-state index is -0.576. The number of hydrazine groups is 1. The number of thiocarbonyl (C=S) groups is 1. The minimum Gasteiger partial charge on any atom is -0.493 e. The van der Waals surface area contributed by atoms with Crippen LogP contribution in [0, 0.1) is 0 Å². The van der Waals surface area contributed by atoms with Gasteiger partial charge in [-0.2, -0.15) is 0 Å². The minimum absolute atomic E-state index is 0.0531. The molecule has 0 bridgehead atoms. The standard InChI is InChI=1S/C25H25N3O5S/c1-31-19-14-18(15-20(32-2)22(19)33-3)23(29)27-28-25(34)26-24(30)21(16-10-6-4-7-11-16)17-12-8-5-9-13-17/h4-15,21H,1-3H3,(H,27,29)(H2,26,28,30,34). The van der Waals surface area contributed by atoms with E-state index < -0.39 is 11.8 Å². The summed E-state index contributed by atoms with van der Waals surface area (Å²) in [5, 5.41) is 2.59. The van der Waals surface area contributed by atoms with Gasteiger partial charge in [0.2, 0.25) is 11.7 Å². The highest BCUT2D eigenvalue weighted by molar-refractivity contribution is 7.80. The van der Waals surface area contributed by atoms with E-state index in [2.05, 4.69) is 16.2 Å². The van der Waals surface area contributed by atoms with Gasteiger partial charge in [0.1, 0.15) is 0 Å². The predicted molar refractivity (Wildman–Crippen MR) is 132 cm³/mol. The van der Waals surface area contributed by atoms with Crippen molar-refractivity contribution in [1.29, 1.82) is 0 Å². The van der Waals surface area contributed by atoms with Crippen LogP contribution >= 0.6 is 12.2 Å². The average Bonchev–Trinajstić information content (AvgIpc) is 2.87. The first-order valence-electron chi connectivity index (χ1n) is 10.3. The summed E-state index contributed by atoms with van der Waals surface area (Å²) in [6.45, 7) is 0. The van der Waals surface area contributed by atoms with Crippen LogP contribution in [0.4, 0.5) is 0 Å². The molecule has 8 nitrogen and oxygen atoms in total. The van der Waals surface area contributed by atoms with Crippen LogP contribution in [-0.4, -0.2) is 38.3 Å². The van der Waals surface area contributed by atoms with Crippen molar-refractivity contribution < 1.29 is 23.8 Å². The molecule has 3 N–H and O–H groups in total. The van der Waals surface area contributed by atoms with Crippen LogP contribution in [0.2, 0.25) is 0 Å². The number of ether oxygens (including phenoxy) is 3. The zero-order valence-corrected chi connectivity index (χ0v) is 19.8. The van der Waals surface area contributed by atoms with Gasteiger partial charge in [-0.05, 0) is 35.5 Å². The lowest BCUT2D eigenvalue weighted by atomic mass is 9.90. The number of carbonyl (C=O) groups is 2. The third-order valence-electron chi connectivity index (χ3n) is 4.98. The molecular formula is C25H25N3O5S. The fraction of sp³-hybridized carbons (Fsp3) is 0.160. The van der Waals surface area contributed by atoms with E-state index in [9.17, 15) is 9.59 Å². The topological polar surface area (TPSA) is 97.9 Å². The van der Waals surface area contributed by atoms with Gasteiger partial charge in [-0.1, -0.05) is 60.7 Å². The van der Waals surface area contributed by atoms with E-state index in [1.54, 1.807) is 0 Å². The molecule has 0 radical (unpaired) electrons. The Morgan fingerprint density at radius 3 is 1.71 bits per heavy atom. The summed E-state index contributed by atoms with van der Waals surface area (Å²) < 4.78 is 15.8. The lowest BCUT2D eigenvalue weighted by molar-refractivity contribution is -0.120. The molecule has 0 saturated carbocycles. The first kappa shape index (κ1) is 24.5. The van der Waals surface area contributed by atoms with Gasteiger partial charge in [0, 0.05) is 5.56 Å². The van der Waals surface area contributed by atoms with Crippen molar-refractivity contribution in [2.45, 2.75) is 5.92 Å². The van der Waals surface area contributed by atoms with Crippen molar-refractivity contribution in [3.8, 4) is 17.2 Å². The monoisotopic (exact) mass is 479 g/mol. The normalized spacial score (nSPS) is 10.2. The maximum absolute atomic E-state index is 13.1. The van der Waals surface area contributed by atoms with E-state index in [1.165, 1.54) is 33.5 Å². The number of hydrogen-bond donors (Lipinski definition) is 3. The van der Waals surface area contributed by atoms with Crippen molar-refractivity contribution in [1.82, 2.24) is 16.2 Å². The SMILES string of the molecule is COc1cc(C(=O)NNC(=S)NC(=O)C(c2ccccc2)c2ccccc2)cc(OC)c1OC. The number of hydrogen-bond acceptors (Lipinski definition) is 6. The van der Waals surface area contributed by atoms with Crippen molar-refractivity contribution in [2.75, 3.05) is 21.3 Å². The number of amides is 2. The van der Waals surface area contributed by atoms with E-state index in [0.717, 1.165) is 11.1 Å². The zero-order chi connectivity index (χ0) is 24.5. The molecule has 0 spiro atoms. The van der Waals surface area contributed by atoms with Gasteiger partial charge in [0.05, 0.1) is 27.2 Å². The Morgan fingerprint density at radius 1 is 0.765 bits per heavy atom. The Hall–Kier alpha value is -4.11. The Labute approximate surface area is 203 Å². The highest BCUT2D eigenvalue weighted by Gasteiger charge is 2.23. The van der Waals surface area contributed by atoms with E-state index in [-0.39, 0.29) is 16.6 Å². The summed E-state index contributed by atoms with van der Waals surface area (Å²) in [6.07, 6.45) is 0. The highest BCUT2D eigenvalue weighted by Crippen LogP contribution is 2.38. The van der Waals surface area contributed by atoms with Crippen LogP contribution < -0.4 is 30.4 Å². The molecule has 0 saturated heterocycles. The highest BCUT2D eigenvalue weighted by atomic mass is 32.1. The Bertz CT molecular complexity index is 1090. The number of benzene rings is 3. The first-order chi connectivity index (χ1) is 16.5. The van der Waals surface area contributed by atoms with E-state index in [1.807, 2.05) is 60.7 Å². The first-order valence-corrected chi connectivity index (χ1v) is 10.7. The van der Waals surface area contributed by atoms with Crippen LogP contribution in [0.1, 0.15) is 27.4 Å². The zero-order valence-electron chi connectivity index (χ0n) is 19.0. The summed E-state index contributed by atoms with van der Waals surface area (Å²) in [6, 6.07) is 21.7. The maximum Gasteiger partial charge on any atom is 0.269 e. The fourth-order valence-electron chi connectivity index (χ4n) is 3.40. The van der Waals surface area contributed by atoms with Crippen LogP contribution in [-0.2, 0) is 4.79 Å². The van der Waals surface area contributed by atoms with Crippen LogP contribution in [0.3, 0.4) is 0 Å². The Morgan fingerprint density at radius 2 is 1.26 bits per heavy atom. The second kappa shape index (κ2) is 11.7. The second-order valence-electron chi connectivity index (χ2n) is 7.07. The lowest BCUT2D eigenvalue weighted by Crippen LogP contribution is -2.49. The van der Waals surface area contributed by atoms with Gasteiger partial charge in [0.15, 0.2) is 16.6 Å². The van der Waals surface area contributed by atoms with Gasteiger partial charge < -0.3 is 19.5 Å². The molecule has 34 heavy (non-hydrogen) atoms. The summed E-state index contributed by atoms with van der Waals surface area (Å²) >= 11 is 5.23. The van der Waals surface area contributed by atoms with Crippen molar-refractivity contribution >= 4 is 29.1 Å². The van der Waals surface area contributed by atoms with E-state index >= 15 is 0 Å². The molecule has 3 rings (SSSR count). The molecule has 9 heteroatoms. The summed E-state index contributed by atoms with van der Waals surface area (Å²) in [5.41, 5.74) is 6.90. The van der Waals surface area contributed by atoms with E-state index in [0.29, 0.717) is 17.2 Å². The third-order valence-corrected chi connectivity index (χ3v) is 5.19. The molecule has 3 aromatic carbocycles. The van der Waals surface area contributed by atoms with Gasteiger partial charge in [-0.25, -0.2) is 0 Å². The Balaban J connectivity index is 1.69. The predicted octanol–water partition coefficient (Wildman–Crippen LogP) is 3.18. The molecule has 0 heterocycles. The molecule has 3 aromatic rings. The molecule has 0 unspecified atom stereocenters. The number of methoxy groups -OCH3 is 3. The molecule has 0 aliphatic rings. The third kappa shape index (κ3) is 5.81. The summed E-state index contributed by atoms with van der Waals surface area (Å²) in [7, 11) is 4.39. The molecular weight excluding hydrogens is 454 g/mol. The van der Waals surface area contributed by atoms with Crippen molar-refractivity contribution in [2.24, 2.45) is 0 Å². The molecule has 0 atom stereocenters. The summed E-state index contributed by atoms with van der Waals surface area (Å²) in [4.78, 5) is 25.8. The van der Waals surface area contributed by atoms with Gasteiger partial charge >= 0.3 is 0 Å². The quantitative estimate of drug-likeness (QED) is 0.354. The summed E-state index contributed by atoms with van der Waals surface area (Å²) in [5.74, 6) is -0.401. The largest absolute Gasteiger partial charge is 0.493 e. The van der Waals surface area contributed by atoms with Crippen molar-refractivity contribution in [3.05, 3.63) is 89.5 Å². The van der Waals surface area contributed by atoms with Gasteiger partial charge in [0.25, 0.3) is 5.91 Å². The number of carbonyl (C=O) groups excluding carboxylic acids is 2. The van der Waals surface area contributed by atoms with Gasteiger partial charge in [-0.15, -0.1) is 0 Å². The van der Waals surface area contributed by atoms with Gasteiger partial charge in [-0.3, -0.25) is 20.4 Å². The molecule has 176 valence electrons. The second-order valence-corrected chi connectivity index (χ2v) is 7.47. The van der Waals surface area contributed by atoms with Crippen molar-refractivity contribution in [3.63, 3.8) is 0 Å². The smallest absolute Gasteiger partial charge is 0.269 e. The molecule has 2 amide bonds. The lowest BCUT2D eigenvalue weighted by Gasteiger charge is -2.19. The molecule has 0 aliphatic heterocycles. The average molecular weight is 480 g/mol. The fourth-order valence-corrected chi connectivity index (χ4v) is 3.55.